The minimum Gasteiger partial charge on any atom is -0.394 e. The Hall–Kier alpha value is -6.53. The molecule has 0 fully saturated rings. The van der Waals surface area contributed by atoms with Gasteiger partial charge in [-0.25, -0.2) is 15.0 Å². The van der Waals surface area contributed by atoms with E-state index in [4.69, 9.17) is 5.73 Å². The molecule has 7 atom stereocenters. The summed E-state index contributed by atoms with van der Waals surface area (Å²) in [5.74, 6) is -6.20. The van der Waals surface area contributed by atoms with E-state index >= 15 is 0 Å². The summed E-state index contributed by atoms with van der Waals surface area (Å²) >= 11 is 0. The van der Waals surface area contributed by atoms with Crippen LogP contribution in [-0.4, -0.2) is 150 Å². The third-order valence-corrected chi connectivity index (χ3v) is 9.14. The zero-order valence-corrected chi connectivity index (χ0v) is 34.3. The first kappa shape index (κ1) is 48.8. The van der Waals surface area contributed by atoms with Gasteiger partial charge in [-0.15, -0.1) is 0 Å². The molecule has 24 nitrogen and oxygen atoms in total. The Morgan fingerprint density at radius 3 is 1.46 bits per heavy atom. The van der Waals surface area contributed by atoms with Crippen LogP contribution < -0.4 is 43.0 Å². The zero-order valence-electron chi connectivity index (χ0n) is 34.3. The van der Waals surface area contributed by atoms with Crippen molar-refractivity contribution in [3.8, 4) is 0 Å². The molecule has 3 aromatic rings. The van der Waals surface area contributed by atoms with Crippen LogP contribution in [0.25, 0.3) is 0 Å². The van der Waals surface area contributed by atoms with Crippen LogP contribution in [0.15, 0.2) is 37.6 Å². The summed E-state index contributed by atoms with van der Waals surface area (Å²) in [6.07, 6.45) is 9.07. The van der Waals surface area contributed by atoms with E-state index in [1.807, 2.05) is 13.8 Å². The van der Waals surface area contributed by atoms with E-state index in [1.165, 1.54) is 37.6 Å². The van der Waals surface area contributed by atoms with Crippen LogP contribution in [0.4, 0.5) is 0 Å². The van der Waals surface area contributed by atoms with Crippen molar-refractivity contribution in [1.82, 2.24) is 67.1 Å². The standard InChI is InChI=1S/C37H56N14O10/c1-19(2)5-25(34(58)49-28(13-52)20(3)4)46-31(55)12-42-33(57)29(14-53)50-37(61)30(15-54)51-36(60)27(8-23-11-41-18-45-23)48-35(59)26(7-22-10-40-17-44-22)47-32(56)24(38)6-21-9-39-16-43-21/h9-11,13,16-20,24-30,53-54H,5-8,12,14-15,38H2,1-4H3,(H,39,43)(H,40,44)(H,41,45)(H,42,57)(H,46,55)(H,47,56)(H,48,59)(H,49,58)(H,50,61)(H,51,60)/t24-,25-,26-,27-,28+,29-,30-/m0/s1. The summed E-state index contributed by atoms with van der Waals surface area (Å²) < 4.78 is 0. The molecular weight excluding hydrogens is 800 g/mol. The lowest BCUT2D eigenvalue weighted by molar-refractivity contribution is -0.136. The number of amides is 7. The summed E-state index contributed by atoms with van der Waals surface area (Å²) in [4.78, 5) is 124. The summed E-state index contributed by atoms with van der Waals surface area (Å²) in [5.41, 5.74) is 7.53. The Bertz CT molecular complexity index is 1870. The van der Waals surface area contributed by atoms with Crippen LogP contribution in [0.3, 0.4) is 0 Å². The number of aliphatic hydroxyl groups excluding tert-OH is 2. The van der Waals surface area contributed by atoms with Gasteiger partial charge in [-0.3, -0.25) is 33.6 Å². The fourth-order valence-corrected chi connectivity index (χ4v) is 5.72. The second-order valence-corrected chi connectivity index (χ2v) is 14.9. The second kappa shape index (κ2) is 24.5. The number of aliphatic hydroxyl groups is 2. The van der Waals surface area contributed by atoms with Crippen molar-refractivity contribution in [3.63, 3.8) is 0 Å². The molecule has 24 heteroatoms. The number of imidazole rings is 3. The van der Waals surface area contributed by atoms with Crippen LogP contribution in [0.1, 0.15) is 51.2 Å². The molecule has 334 valence electrons. The first-order chi connectivity index (χ1) is 29.0. The fourth-order valence-electron chi connectivity index (χ4n) is 5.72. The number of rotatable bonds is 26. The van der Waals surface area contributed by atoms with Gasteiger partial charge in [0.05, 0.1) is 50.8 Å². The van der Waals surface area contributed by atoms with Gasteiger partial charge in [0.25, 0.3) is 0 Å². The predicted molar refractivity (Wildman–Crippen MR) is 214 cm³/mol. The van der Waals surface area contributed by atoms with Crippen molar-refractivity contribution in [2.75, 3.05) is 19.8 Å². The maximum absolute atomic E-state index is 13.8. The van der Waals surface area contributed by atoms with E-state index in [9.17, 15) is 48.6 Å². The predicted octanol–water partition coefficient (Wildman–Crippen LogP) is -4.88. The summed E-state index contributed by atoms with van der Waals surface area (Å²) in [5, 5.41) is 37.1. The number of aromatic amines is 3. The number of carbonyl (C=O) groups is 8. The molecule has 0 radical (unpaired) electrons. The van der Waals surface area contributed by atoms with Crippen LogP contribution in [0, 0.1) is 11.8 Å². The van der Waals surface area contributed by atoms with Crippen molar-refractivity contribution in [2.24, 2.45) is 17.6 Å². The molecule has 61 heavy (non-hydrogen) atoms. The molecule has 0 unspecified atom stereocenters. The molecule has 0 bridgehead atoms. The highest BCUT2D eigenvalue weighted by molar-refractivity contribution is 5.97. The van der Waals surface area contributed by atoms with Gasteiger partial charge >= 0.3 is 0 Å². The van der Waals surface area contributed by atoms with Crippen molar-refractivity contribution >= 4 is 47.6 Å². The lowest BCUT2D eigenvalue weighted by atomic mass is 10.0. The second-order valence-electron chi connectivity index (χ2n) is 14.9. The first-order valence-electron chi connectivity index (χ1n) is 19.5. The molecule has 0 saturated heterocycles. The highest BCUT2D eigenvalue weighted by Crippen LogP contribution is 2.08. The number of hydrogen-bond acceptors (Lipinski definition) is 14. The number of nitrogens with two attached hydrogens (primary N) is 1. The largest absolute Gasteiger partial charge is 0.394 e. The van der Waals surface area contributed by atoms with Gasteiger partial charge in [-0.2, -0.15) is 0 Å². The first-order valence-corrected chi connectivity index (χ1v) is 19.5. The molecule has 0 aromatic carbocycles. The van der Waals surface area contributed by atoms with Gasteiger partial charge in [0.2, 0.25) is 41.4 Å². The Morgan fingerprint density at radius 2 is 1.03 bits per heavy atom. The molecule has 3 aromatic heterocycles. The third kappa shape index (κ3) is 16.2. The molecule has 0 aliphatic rings. The molecule has 0 aliphatic carbocycles. The van der Waals surface area contributed by atoms with E-state index in [1.54, 1.807) is 13.8 Å². The van der Waals surface area contributed by atoms with Crippen LogP contribution in [0.5, 0.6) is 0 Å². The van der Waals surface area contributed by atoms with Gasteiger partial charge in [-0.1, -0.05) is 27.7 Å². The van der Waals surface area contributed by atoms with E-state index in [-0.39, 0.29) is 37.5 Å². The van der Waals surface area contributed by atoms with E-state index < -0.39 is 103 Å². The smallest absolute Gasteiger partial charge is 0.245 e. The van der Waals surface area contributed by atoms with Gasteiger partial charge in [0.1, 0.15) is 36.5 Å². The summed E-state index contributed by atoms with van der Waals surface area (Å²) in [7, 11) is 0. The normalized spacial score (nSPS) is 14.6. The van der Waals surface area contributed by atoms with Crippen molar-refractivity contribution in [3.05, 3.63) is 54.7 Å². The number of aromatic nitrogens is 6. The minimum absolute atomic E-state index is 0.0364. The third-order valence-electron chi connectivity index (χ3n) is 9.14. The molecule has 3 heterocycles. The lowest BCUT2D eigenvalue weighted by Gasteiger charge is -2.26. The number of hydrogen-bond donors (Lipinski definition) is 13. The minimum atomic E-state index is -1.71. The van der Waals surface area contributed by atoms with E-state index in [0.717, 1.165) is 0 Å². The van der Waals surface area contributed by atoms with Crippen LogP contribution in [0.2, 0.25) is 0 Å². The van der Waals surface area contributed by atoms with Crippen molar-refractivity contribution in [2.45, 2.75) is 95.7 Å². The SMILES string of the molecule is CC(C)C[C@H](NC(=O)CNC(=O)[C@H](CO)NC(=O)[C@H](CO)NC(=O)[C@H](Cc1cnc[nH]1)NC(=O)[C@H](Cc1cnc[nH]1)NC(=O)[C@@H](N)Cc1cnc[nH]1)C(=O)N[C@H](C=O)C(C)C. The van der Waals surface area contributed by atoms with Gasteiger partial charge in [0.15, 0.2) is 0 Å². The maximum atomic E-state index is 13.8. The highest BCUT2D eigenvalue weighted by atomic mass is 16.3. The van der Waals surface area contributed by atoms with Gasteiger partial charge < -0.3 is 72.9 Å². The zero-order chi connectivity index (χ0) is 45.1. The molecule has 7 amide bonds. The Morgan fingerprint density at radius 1 is 0.607 bits per heavy atom. The molecule has 3 rings (SSSR count). The van der Waals surface area contributed by atoms with Gasteiger partial charge in [0, 0.05) is 54.9 Å². The van der Waals surface area contributed by atoms with Crippen LogP contribution in [-0.2, 0) is 57.6 Å². The lowest BCUT2D eigenvalue weighted by Crippen LogP contribution is -2.61. The number of nitrogens with zero attached hydrogens (tertiary/aromatic N) is 3. The quantitative estimate of drug-likeness (QED) is 0.0337. The Balaban J connectivity index is 1.66. The average Bonchev–Trinajstić information content (AvgIpc) is 4.04. The molecule has 14 N–H and O–H groups in total. The highest BCUT2D eigenvalue weighted by Gasteiger charge is 2.33. The van der Waals surface area contributed by atoms with Crippen molar-refractivity contribution in [1.29, 1.82) is 0 Å². The van der Waals surface area contributed by atoms with E-state index in [0.29, 0.717) is 23.4 Å². The fraction of sp³-hybridized carbons (Fsp3) is 0.541. The van der Waals surface area contributed by atoms with Crippen molar-refractivity contribution < 1.29 is 48.6 Å². The molecule has 0 aliphatic heterocycles. The number of nitrogens with one attached hydrogen (secondary N) is 10. The number of H-pyrrole nitrogens is 3. The molecule has 0 spiro atoms. The number of carbonyl (C=O) groups excluding carboxylic acids is 8. The van der Waals surface area contributed by atoms with Gasteiger partial charge in [-0.05, 0) is 18.3 Å². The summed E-state index contributed by atoms with van der Waals surface area (Å²) in [6.45, 7) is 4.52. The topological polar surface area (TPSA) is 373 Å². The van der Waals surface area contributed by atoms with Crippen LogP contribution >= 0.6 is 0 Å². The van der Waals surface area contributed by atoms with E-state index in [2.05, 4.69) is 67.1 Å². The Labute approximate surface area is 350 Å². The molecule has 0 saturated carbocycles. The summed E-state index contributed by atoms with van der Waals surface area (Å²) in [6, 6.07) is -8.98. The monoisotopic (exact) mass is 856 g/mol. The maximum Gasteiger partial charge on any atom is 0.245 e. The average molecular weight is 857 g/mol. The molecular formula is C37H56N14O10. The Kier molecular flexibility index (Phi) is 19.6. The number of aldehydes is 1.